The average Bonchev–Trinajstić information content (AvgIpc) is 3.04. The van der Waals surface area contributed by atoms with E-state index in [-0.39, 0.29) is 4.90 Å². The molecule has 3 aromatic rings. The minimum Gasteiger partial charge on any atom is -0.442 e. The molecule has 1 aromatic carbocycles. The van der Waals surface area contributed by atoms with Crippen LogP contribution in [0.15, 0.2) is 39.9 Å². The van der Waals surface area contributed by atoms with E-state index in [2.05, 4.69) is 15.3 Å². The van der Waals surface area contributed by atoms with Crippen molar-refractivity contribution in [3.05, 3.63) is 41.9 Å². The van der Waals surface area contributed by atoms with Gasteiger partial charge >= 0.3 is 0 Å². The van der Waals surface area contributed by atoms with Crippen LogP contribution in [0.5, 0.6) is 0 Å². The molecule has 1 saturated heterocycles. The molecular formula is C18H19N5O5S. The first-order valence-electron chi connectivity index (χ1n) is 8.85. The number of primary sulfonamides is 1. The zero-order valence-corrected chi connectivity index (χ0v) is 16.4. The quantitative estimate of drug-likeness (QED) is 0.646. The minimum atomic E-state index is -3.80. The number of furan rings is 1. The Morgan fingerprint density at radius 3 is 2.52 bits per heavy atom. The van der Waals surface area contributed by atoms with Crippen LogP contribution in [-0.4, -0.2) is 50.6 Å². The molecule has 1 fully saturated rings. The largest absolute Gasteiger partial charge is 0.442 e. The molecule has 4 rings (SSSR count). The van der Waals surface area contributed by atoms with Crippen LogP contribution < -0.4 is 15.4 Å². The zero-order chi connectivity index (χ0) is 20.6. The molecule has 0 radical (unpaired) electrons. The topological polar surface area (TPSA) is 141 Å². The highest BCUT2D eigenvalue weighted by atomic mass is 32.2. The molecule has 11 heteroatoms. The molecule has 0 aliphatic carbocycles. The summed E-state index contributed by atoms with van der Waals surface area (Å²) >= 11 is 0. The predicted octanol–water partition coefficient (Wildman–Crippen LogP) is 1.27. The number of aromatic nitrogens is 2. The van der Waals surface area contributed by atoms with Crippen LogP contribution in [0.2, 0.25) is 0 Å². The molecule has 0 spiro atoms. The first-order valence-corrected chi connectivity index (χ1v) is 10.4. The number of carbonyl (C=O) groups is 1. The number of morpholine rings is 1. The minimum absolute atomic E-state index is 0.0385. The Balaban J connectivity index is 1.69. The molecule has 0 bridgehead atoms. The Labute approximate surface area is 166 Å². The second kappa shape index (κ2) is 7.43. The van der Waals surface area contributed by atoms with Crippen LogP contribution in [0.1, 0.15) is 16.1 Å². The number of anilines is 2. The van der Waals surface area contributed by atoms with Gasteiger partial charge in [-0.25, -0.2) is 23.5 Å². The maximum absolute atomic E-state index is 13.0. The number of aryl methyl sites for hydroxylation is 1. The lowest BCUT2D eigenvalue weighted by molar-refractivity contribution is 0.102. The highest BCUT2D eigenvalue weighted by Gasteiger charge is 2.26. The summed E-state index contributed by atoms with van der Waals surface area (Å²) in [5.41, 5.74) is 1.08. The van der Waals surface area contributed by atoms with Crippen molar-refractivity contribution in [1.29, 1.82) is 0 Å². The number of nitrogens with one attached hydrogen (secondary N) is 1. The first kappa shape index (κ1) is 19.3. The van der Waals surface area contributed by atoms with Crippen molar-refractivity contribution in [3.63, 3.8) is 0 Å². The molecule has 1 aliphatic rings. The summed E-state index contributed by atoms with van der Waals surface area (Å²) in [5, 5.41) is 8.39. The molecular weight excluding hydrogens is 398 g/mol. The van der Waals surface area contributed by atoms with Gasteiger partial charge in [-0.2, -0.15) is 0 Å². The van der Waals surface area contributed by atoms with E-state index >= 15 is 0 Å². The summed E-state index contributed by atoms with van der Waals surface area (Å²) in [4.78, 5) is 23.5. The number of benzene rings is 1. The number of hydrogen-bond donors (Lipinski definition) is 2. The van der Waals surface area contributed by atoms with Crippen LogP contribution in [-0.2, 0) is 14.8 Å². The van der Waals surface area contributed by atoms with Crippen molar-refractivity contribution < 1.29 is 22.4 Å². The molecule has 1 amide bonds. The van der Waals surface area contributed by atoms with Gasteiger partial charge in [0.15, 0.2) is 0 Å². The van der Waals surface area contributed by atoms with Gasteiger partial charge in [0, 0.05) is 18.8 Å². The van der Waals surface area contributed by atoms with Gasteiger partial charge in [-0.1, -0.05) is 0 Å². The summed E-state index contributed by atoms with van der Waals surface area (Å²) < 4.78 is 33.8. The summed E-state index contributed by atoms with van der Waals surface area (Å²) in [6.45, 7) is 4.11. The number of amides is 1. The van der Waals surface area contributed by atoms with E-state index in [1.165, 1.54) is 30.6 Å². The van der Waals surface area contributed by atoms with Crippen LogP contribution >= 0.6 is 0 Å². The Morgan fingerprint density at radius 1 is 1.17 bits per heavy atom. The van der Waals surface area contributed by atoms with E-state index in [1.54, 1.807) is 6.92 Å². The number of nitrogens with zero attached hydrogens (tertiary/aromatic N) is 3. The van der Waals surface area contributed by atoms with Gasteiger partial charge in [0.2, 0.25) is 15.7 Å². The zero-order valence-electron chi connectivity index (χ0n) is 15.6. The second-order valence-corrected chi connectivity index (χ2v) is 8.10. The maximum atomic E-state index is 13.0. The third-order valence-corrected chi connectivity index (χ3v) is 5.55. The predicted molar refractivity (Wildman–Crippen MR) is 105 cm³/mol. The summed E-state index contributed by atoms with van der Waals surface area (Å²) in [6.07, 6.45) is 1.41. The third-order valence-electron chi connectivity index (χ3n) is 4.62. The molecule has 3 N–H and O–H groups in total. The van der Waals surface area contributed by atoms with Crippen LogP contribution in [0, 0.1) is 6.92 Å². The number of ether oxygens (including phenoxy) is 1. The second-order valence-electron chi connectivity index (χ2n) is 6.53. The van der Waals surface area contributed by atoms with E-state index in [0.717, 1.165) is 0 Å². The molecule has 0 unspecified atom stereocenters. The summed E-state index contributed by atoms with van der Waals surface area (Å²) in [6, 6.07) is 5.59. The van der Waals surface area contributed by atoms with Gasteiger partial charge in [0.05, 0.1) is 29.1 Å². The molecule has 0 saturated carbocycles. The van der Waals surface area contributed by atoms with Gasteiger partial charge in [0.1, 0.15) is 17.9 Å². The monoisotopic (exact) mass is 417 g/mol. The lowest BCUT2D eigenvalue weighted by Crippen LogP contribution is -2.37. The molecule has 3 heterocycles. The standard InChI is InChI=1S/C18H19N5O5S/c1-11-14(17(24)22-12-2-4-13(5-3-12)29(19,25)26)15-16(20-10-21-18(15)28-11)23-6-8-27-9-7-23/h2-5,10H,6-9H2,1H3,(H,22,24)(H2,19,25,26). The van der Waals surface area contributed by atoms with Gasteiger partial charge < -0.3 is 19.4 Å². The lowest BCUT2D eigenvalue weighted by atomic mass is 10.1. The number of rotatable bonds is 4. The average molecular weight is 417 g/mol. The van der Waals surface area contributed by atoms with Gasteiger partial charge in [-0.15, -0.1) is 0 Å². The summed E-state index contributed by atoms with van der Waals surface area (Å²) in [7, 11) is -3.80. The van der Waals surface area contributed by atoms with E-state index < -0.39 is 15.9 Å². The number of nitrogens with two attached hydrogens (primary N) is 1. The van der Waals surface area contributed by atoms with E-state index in [4.69, 9.17) is 14.3 Å². The lowest BCUT2D eigenvalue weighted by Gasteiger charge is -2.28. The third kappa shape index (κ3) is 3.79. The highest BCUT2D eigenvalue weighted by molar-refractivity contribution is 7.89. The maximum Gasteiger partial charge on any atom is 0.260 e. The Bertz CT molecular complexity index is 1170. The van der Waals surface area contributed by atoms with Gasteiger partial charge in [0.25, 0.3) is 5.91 Å². The van der Waals surface area contributed by atoms with Crippen molar-refractivity contribution in [1.82, 2.24) is 9.97 Å². The molecule has 10 nitrogen and oxygen atoms in total. The van der Waals surface area contributed by atoms with Crippen molar-refractivity contribution in [2.75, 3.05) is 36.5 Å². The van der Waals surface area contributed by atoms with Gasteiger partial charge in [-0.05, 0) is 31.2 Å². The normalized spacial score (nSPS) is 14.9. The van der Waals surface area contributed by atoms with E-state index in [0.29, 0.717) is 60.2 Å². The van der Waals surface area contributed by atoms with E-state index in [1.807, 2.05) is 4.90 Å². The van der Waals surface area contributed by atoms with Crippen molar-refractivity contribution in [2.24, 2.45) is 5.14 Å². The van der Waals surface area contributed by atoms with Crippen LogP contribution in [0.3, 0.4) is 0 Å². The highest BCUT2D eigenvalue weighted by Crippen LogP contribution is 2.32. The molecule has 2 aromatic heterocycles. The summed E-state index contributed by atoms with van der Waals surface area (Å²) in [5.74, 6) is 0.618. The SMILES string of the molecule is Cc1oc2ncnc(N3CCOCC3)c2c1C(=O)Nc1ccc(S(N)(=O)=O)cc1. The fourth-order valence-electron chi connectivity index (χ4n) is 3.24. The molecule has 29 heavy (non-hydrogen) atoms. The van der Waals surface area contributed by atoms with Crippen molar-refractivity contribution >= 4 is 38.5 Å². The Kier molecular flexibility index (Phi) is 4.94. The first-order chi connectivity index (χ1) is 13.8. The fraction of sp³-hybridized carbons (Fsp3) is 0.278. The number of sulfonamides is 1. The smallest absolute Gasteiger partial charge is 0.260 e. The molecule has 1 aliphatic heterocycles. The molecule has 152 valence electrons. The van der Waals surface area contributed by atoms with Crippen molar-refractivity contribution in [2.45, 2.75) is 11.8 Å². The number of hydrogen-bond acceptors (Lipinski definition) is 8. The van der Waals surface area contributed by atoms with E-state index in [9.17, 15) is 13.2 Å². The van der Waals surface area contributed by atoms with Crippen LogP contribution in [0.25, 0.3) is 11.1 Å². The fourth-order valence-corrected chi connectivity index (χ4v) is 3.75. The van der Waals surface area contributed by atoms with Gasteiger partial charge in [-0.3, -0.25) is 4.79 Å². The number of fused-ring (bicyclic) bond motifs is 1. The Morgan fingerprint density at radius 2 is 1.86 bits per heavy atom. The molecule has 0 atom stereocenters. The number of carbonyl (C=O) groups excluding carboxylic acids is 1. The Hall–Kier alpha value is -3.02. The van der Waals surface area contributed by atoms with Crippen molar-refractivity contribution in [3.8, 4) is 0 Å². The van der Waals surface area contributed by atoms with Crippen LogP contribution in [0.4, 0.5) is 11.5 Å².